The van der Waals surface area contributed by atoms with Crippen molar-refractivity contribution in [3.63, 3.8) is 0 Å². The van der Waals surface area contributed by atoms with Gasteiger partial charge in [0.05, 0.1) is 15.9 Å². The van der Waals surface area contributed by atoms with E-state index >= 15 is 0 Å². The third-order valence-electron chi connectivity index (χ3n) is 1.67. The van der Waals surface area contributed by atoms with Gasteiger partial charge < -0.3 is 5.11 Å². The van der Waals surface area contributed by atoms with Crippen molar-refractivity contribution in [2.45, 2.75) is 6.92 Å². The number of phenolic OH excluding ortho intramolecular Hbond substituents is 1. The summed E-state index contributed by atoms with van der Waals surface area (Å²) in [5.74, 6) is -0.541. The quantitative estimate of drug-likeness (QED) is 0.494. The van der Waals surface area contributed by atoms with Crippen molar-refractivity contribution in [2.75, 3.05) is 0 Å². The Kier molecular flexibility index (Phi) is 4.29. The maximum atomic E-state index is 10.4. The number of hydrogen-bond acceptors (Lipinski definition) is 5. The van der Waals surface area contributed by atoms with Crippen molar-refractivity contribution in [2.24, 2.45) is 0 Å². The molecule has 0 amide bonds. The third-order valence-corrected chi connectivity index (χ3v) is 1.67. The Bertz CT molecular complexity index is 420. The zero-order chi connectivity index (χ0) is 10.9. The molecule has 0 heterocycles. The maximum Gasteiger partial charge on any atom is 2.00 e. The fourth-order valence-electron chi connectivity index (χ4n) is 0.987. The van der Waals surface area contributed by atoms with E-state index in [2.05, 4.69) is 0 Å². The number of aryl methyl sites for hydroxylation is 1. The Hall–Kier alpha value is -1.56. The number of nitro groups is 2. The minimum atomic E-state index is -0.866. The summed E-state index contributed by atoms with van der Waals surface area (Å²) in [7, 11) is 0. The van der Waals surface area contributed by atoms with Crippen LogP contribution in [0, 0.1) is 27.2 Å². The summed E-state index contributed by atoms with van der Waals surface area (Å²) in [6.07, 6.45) is 0. The largest absolute Gasteiger partial charge is 2.00 e. The molecule has 0 fully saturated rings. The molecule has 1 N–H and O–H groups in total. The Labute approximate surface area is 96.8 Å². The molecule has 1 aromatic carbocycles. The van der Waals surface area contributed by atoms with Crippen LogP contribution in [0.1, 0.15) is 5.56 Å². The van der Waals surface area contributed by atoms with Crippen molar-refractivity contribution >= 4 is 11.4 Å². The molecule has 7 nitrogen and oxygen atoms in total. The summed E-state index contributed by atoms with van der Waals surface area (Å²) in [6, 6.07) is 1.80. The van der Waals surface area contributed by atoms with Gasteiger partial charge in [0.25, 0.3) is 5.69 Å². The normalized spacial score (nSPS) is 9.13. The van der Waals surface area contributed by atoms with Gasteiger partial charge in [-0.05, 0) is 6.92 Å². The van der Waals surface area contributed by atoms with E-state index in [-0.39, 0.29) is 25.0 Å². The second kappa shape index (κ2) is 4.79. The second-order valence-corrected chi connectivity index (χ2v) is 2.64. The van der Waals surface area contributed by atoms with E-state index in [0.29, 0.717) is 0 Å². The van der Waals surface area contributed by atoms with E-state index in [1.807, 2.05) is 0 Å². The molecule has 0 radical (unpaired) electrons. The van der Waals surface area contributed by atoms with Crippen LogP contribution in [0.4, 0.5) is 11.4 Å². The average Bonchev–Trinajstić information content (AvgIpc) is 2.08. The van der Waals surface area contributed by atoms with Gasteiger partial charge in [-0.2, -0.15) is 0 Å². The number of benzene rings is 1. The molecule has 0 saturated carbocycles. The Morgan fingerprint density at radius 3 is 2.13 bits per heavy atom. The van der Waals surface area contributed by atoms with E-state index in [0.717, 1.165) is 12.1 Å². The predicted octanol–water partition coefficient (Wildman–Crippen LogP) is 1.51. The smallest absolute Gasteiger partial charge is 0.502 e. The standard InChI is InChI=1S/C7H6N2O5.Zn/c1-4-2-5(8(11)12)3-6(7(4)10)9(13)14;/h2-3,10H,1H3;/q;+2. The summed E-state index contributed by atoms with van der Waals surface area (Å²) in [6.45, 7) is 1.36. The first-order valence-corrected chi connectivity index (χ1v) is 3.56. The van der Waals surface area contributed by atoms with Crippen LogP contribution in [-0.4, -0.2) is 15.0 Å². The van der Waals surface area contributed by atoms with Crippen molar-refractivity contribution < 1.29 is 34.4 Å². The molecule has 0 aliphatic rings. The number of nitro benzene ring substituents is 2. The summed E-state index contributed by atoms with van der Waals surface area (Å²) in [4.78, 5) is 19.1. The van der Waals surface area contributed by atoms with Gasteiger partial charge in [-0.3, -0.25) is 20.2 Å². The van der Waals surface area contributed by atoms with Gasteiger partial charge in [0.1, 0.15) is 0 Å². The van der Waals surface area contributed by atoms with Crippen molar-refractivity contribution in [3.8, 4) is 5.75 Å². The minimum Gasteiger partial charge on any atom is -0.502 e. The molecule has 0 atom stereocenters. The van der Waals surface area contributed by atoms with Crippen LogP contribution in [0.2, 0.25) is 0 Å². The molecule has 1 rings (SSSR count). The van der Waals surface area contributed by atoms with Gasteiger partial charge in [-0.25, -0.2) is 0 Å². The minimum absolute atomic E-state index is 0. The zero-order valence-electron chi connectivity index (χ0n) is 7.84. The van der Waals surface area contributed by atoms with Gasteiger partial charge >= 0.3 is 25.2 Å². The molecule has 1 aromatic rings. The van der Waals surface area contributed by atoms with Crippen LogP contribution in [0.25, 0.3) is 0 Å². The van der Waals surface area contributed by atoms with Crippen LogP contribution in [0.5, 0.6) is 5.75 Å². The fraction of sp³-hybridized carbons (Fsp3) is 0.143. The summed E-state index contributed by atoms with van der Waals surface area (Å²) < 4.78 is 0. The number of non-ortho nitro benzene ring substituents is 1. The molecule has 0 aromatic heterocycles. The molecule has 15 heavy (non-hydrogen) atoms. The van der Waals surface area contributed by atoms with Crippen LogP contribution >= 0.6 is 0 Å². The Morgan fingerprint density at radius 1 is 1.20 bits per heavy atom. The van der Waals surface area contributed by atoms with E-state index in [4.69, 9.17) is 0 Å². The van der Waals surface area contributed by atoms with Crippen molar-refractivity contribution in [3.05, 3.63) is 37.9 Å². The first kappa shape index (κ1) is 13.4. The molecule has 8 heteroatoms. The number of hydrogen-bond donors (Lipinski definition) is 1. The molecule has 0 bridgehead atoms. The van der Waals surface area contributed by atoms with Crippen molar-refractivity contribution in [1.82, 2.24) is 0 Å². The van der Waals surface area contributed by atoms with Gasteiger partial charge in [-0.1, -0.05) is 0 Å². The van der Waals surface area contributed by atoms with Gasteiger partial charge in [0.2, 0.25) is 0 Å². The van der Waals surface area contributed by atoms with E-state index < -0.39 is 27.0 Å². The van der Waals surface area contributed by atoms with Gasteiger partial charge in [-0.15, -0.1) is 0 Å². The first-order chi connectivity index (χ1) is 6.43. The van der Waals surface area contributed by atoms with Crippen LogP contribution < -0.4 is 0 Å². The van der Waals surface area contributed by atoms with Crippen LogP contribution in [-0.2, 0) is 19.5 Å². The SMILES string of the molecule is Cc1cc([N+](=O)[O-])cc([N+](=O)[O-])c1O.[Zn+2]. The molecule has 0 aliphatic heterocycles. The van der Waals surface area contributed by atoms with E-state index in [9.17, 15) is 25.3 Å². The summed E-state index contributed by atoms with van der Waals surface area (Å²) >= 11 is 0. The monoisotopic (exact) mass is 262 g/mol. The average molecular weight is 264 g/mol. The fourth-order valence-corrected chi connectivity index (χ4v) is 0.987. The third kappa shape index (κ3) is 2.69. The molecule has 74 valence electrons. The molecular weight excluding hydrogens is 257 g/mol. The van der Waals surface area contributed by atoms with Gasteiger partial charge in [0.15, 0.2) is 5.75 Å². The molecule has 0 unspecified atom stereocenters. The number of phenols is 1. The molecule has 0 aliphatic carbocycles. The number of rotatable bonds is 2. The van der Waals surface area contributed by atoms with Crippen molar-refractivity contribution in [1.29, 1.82) is 0 Å². The number of aromatic hydroxyl groups is 1. The van der Waals surface area contributed by atoms with Crippen LogP contribution in [0.15, 0.2) is 12.1 Å². The predicted molar refractivity (Wildman–Crippen MR) is 46.2 cm³/mol. The topological polar surface area (TPSA) is 107 Å². The first-order valence-electron chi connectivity index (χ1n) is 3.56. The van der Waals surface area contributed by atoms with E-state index in [1.165, 1.54) is 6.92 Å². The second-order valence-electron chi connectivity index (χ2n) is 2.64. The van der Waals surface area contributed by atoms with E-state index in [1.54, 1.807) is 0 Å². The molecule has 0 spiro atoms. The number of nitrogens with zero attached hydrogens (tertiary/aromatic N) is 2. The molecular formula is C7H6N2O5Zn+2. The summed E-state index contributed by atoms with van der Waals surface area (Å²) in [5.41, 5.74) is -0.963. The van der Waals surface area contributed by atoms with Gasteiger partial charge in [0, 0.05) is 11.6 Å². The van der Waals surface area contributed by atoms with Crippen LogP contribution in [0.3, 0.4) is 0 Å². The maximum absolute atomic E-state index is 10.4. The molecule has 0 saturated heterocycles. The Morgan fingerprint density at radius 2 is 1.73 bits per heavy atom. The Balaban J connectivity index is 0.00000196. The summed E-state index contributed by atoms with van der Waals surface area (Å²) in [5, 5.41) is 29.9. The zero-order valence-corrected chi connectivity index (χ0v) is 10.8.